The number of nitrogens with zero attached hydrogens (tertiary/aromatic N) is 2. The fourth-order valence-electron chi connectivity index (χ4n) is 1.43. The standard InChI is InChI=1S/C10H11IN2/c1-8(11)6-13-7-12-9-4-2-3-5-10(9)13/h2-5,7-8H,6H2,1H3. The molecule has 0 radical (unpaired) electrons. The first-order valence-corrected chi connectivity index (χ1v) is 5.56. The van der Waals surface area contributed by atoms with E-state index in [1.54, 1.807) is 0 Å². The molecule has 2 rings (SSSR count). The Morgan fingerprint density at radius 1 is 1.46 bits per heavy atom. The summed E-state index contributed by atoms with van der Waals surface area (Å²) in [5, 5.41) is 0. The van der Waals surface area contributed by atoms with E-state index in [0.29, 0.717) is 3.92 Å². The molecule has 0 N–H and O–H groups in total. The molecule has 0 aliphatic carbocycles. The Balaban J connectivity index is 2.46. The van der Waals surface area contributed by atoms with Gasteiger partial charge in [-0.05, 0) is 12.1 Å². The molecule has 3 heteroatoms. The normalized spacial score (nSPS) is 13.4. The van der Waals surface area contributed by atoms with Gasteiger partial charge in [-0.25, -0.2) is 4.98 Å². The molecule has 0 saturated carbocycles. The molecule has 0 spiro atoms. The molecule has 1 aromatic carbocycles. The van der Waals surface area contributed by atoms with Crippen molar-refractivity contribution in [3.8, 4) is 0 Å². The number of aromatic nitrogens is 2. The van der Waals surface area contributed by atoms with Gasteiger partial charge >= 0.3 is 0 Å². The number of halogens is 1. The lowest BCUT2D eigenvalue weighted by atomic mass is 10.3. The lowest BCUT2D eigenvalue weighted by Gasteiger charge is -2.05. The van der Waals surface area contributed by atoms with Crippen molar-refractivity contribution in [3.05, 3.63) is 30.6 Å². The van der Waals surface area contributed by atoms with Crippen LogP contribution >= 0.6 is 22.6 Å². The summed E-state index contributed by atoms with van der Waals surface area (Å²) in [5.74, 6) is 0. The van der Waals surface area contributed by atoms with E-state index in [-0.39, 0.29) is 0 Å². The molecular weight excluding hydrogens is 275 g/mol. The zero-order valence-electron chi connectivity index (χ0n) is 7.44. The lowest BCUT2D eigenvalue weighted by Crippen LogP contribution is -2.04. The van der Waals surface area contributed by atoms with Gasteiger partial charge < -0.3 is 4.57 Å². The van der Waals surface area contributed by atoms with E-state index in [0.717, 1.165) is 12.1 Å². The van der Waals surface area contributed by atoms with Gasteiger partial charge in [0.15, 0.2) is 0 Å². The van der Waals surface area contributed by atoms with Crippen LogP contribution in [-0.4, -0.2) is 13.5 Å². The molecule has 0 aliphatic heterocycles. The maximum Gasteiger partial charge on any atom is 0.0958 e. The Labute approximate surface area is 91.1 Å². The van der Waals surface area contributed by atoms with E-state index in [4.69, 9.17) is 0 Å². The van der Waals surface area contributed by atoms with Gasteiger partial charge in [-0.15, -0.1) is 0 Å². The number of imidazole rings is 1. The van der Waals surface area contributed by atoms with Gasteiger partial charge in [-0.1, -0.05) is 41.6 Å². The molecule has 0 amide bonds. The highest BCUT2D eigenvalue weighted by atomic mass is 127. The molecule has 2 aromatic rings. The summed E-state index contributed by atoms with van der Waals surface area (Å²) >= 11 is 2.43. The average Bonchev–Trinajstić information content (AvgIpc) is 2.48. The van der Waals surface area contributed by atoms with E-state index in [1.807, 2.05) is 18.5 Å². The molecule has 0 aliphatic rings. The van der Waals surface area contributed by atoms with Gasteiger partial charge in [0.2, 0.25) is 0 Å². The van der Waals surface area contributed by atoms with Gasteiger partial charge in [0.25, 0.3) is 0 Å². The molecule has 0 fully saturated rings. The molecular formula is C10H11IN2. The predicted molar refractivity (Wildman–Crippen MR) is 63.2 cm³/mol. The van der Waals surface area contributed by atoms with Crippen LogP contribution in [0.5, 0.6) is 0 Å². The Hall–Kier alpha value is -0.580. The number of hydrogen-bond acceptors (Lipinski definition) is 1. The molecule has 0 saturated heterocycles. The first-order valence-electron chi connectivity index (χ1n) is 4.31. The smallest absolute Gasteiger partial charge is 0.0958 e. The lowest BCUT2D eigenvalue weighted by molar-refractivity contribution is 0.726. The van der Waals surface area contributed by atoms with Crippen LogP contribution in [0, 0.1) is 0 Å². The van der Waals surface area contributed by atoms with E-state index in [2.05, 4.69) is 51.2 Å². The Morgan fingerprint density at radius 3 is 3.00 bits per heavy atom. The zero-order valence-corrected chi connectivity index (χ0v) is 9.60. The summed E-state index contributed by atoms with van der Waals surface area (Å²) in [6.45, 7) is 3.23. The van der Waals surface area contributed by atoms with Crippen LogP contribution in [0.15, 0.2) is 30.6 Å². The molecule has 1 unspecified atom stereocenters. The van der Waals surface area contributed by atoms with E-state index < -0.39 is 0 Å². The van der Waals surface area contributed by atoms with Crippen LogP contribution in [-0.2, 0) is 6.54 Å². The van der Waals surface area contributed by atoms with Gasteiger partial charge in [0.1, 0.15) is 0 Å². The largest absolute Gasteiger partial charge is 0.330 e. The van der Waals surface area contributed by atoms with Crippen LogP contribution in [0.4, 0.5) is 0 Å². The minimum atomic E-state index is 0.634. The van der Waals surface area contributed by atoms with E-state index >= 15 is 0 Å². The maximum absolute atomic E-state index is 4.33. The van der Waals surface area contributed by atoms with Crippen LogP contribution in [0.3, 0.4) is 0 Å². The van der Waals surface area contributed by atoms with Crippen molar-refractivity contribution in [1.29, 1.82) is 0 Å². The SMILES string of the molecule is CC(I)Cn1cnc2ccccc21. The maximum atomic E-state index is 4.33. The van der Waals surface area contributed by atoms with Gasteiger partial charge in [-0.3, -0.25) is 0 Å². The second-order valence-corrected chi connectivity index (χ2v) is 5.29. The summed E-state index contributed by atoms with van der Waals surface area (Å²) in [5.41, 5.74) is 2.31. The van der Waals surface area contributed by atoms with Crippen molar-refractivity contribution in [3.63, 3.8) is 0 Å². The monoisotopic (exact) mass is 286 g/mol. The molecule has 1 aromatic heterocycles. The summed E-state index contributed by atoms with van der Waals surface area (Å²) in [7, 11) is 0. The Morgan fingerprint density at radius 2 is 2.23 bits per heavy atom. The number of hydrogen-bond donors (Lipinski definition) is 0. The highest BCUT2D eigenvalue weighted by Gasteiger charge is 2.02. The van der Waals surface area contributed by atoms with Crippen molar-refractivity contribution < 1.29 is 0 Å². The second-order valence-electron chi connectivity index (χ2n) is 3.17. The van der Waals surface area contributed by atoms with Crippen LogP contribution in [0.25, 0.3) is 11.0 Å². The highest BCUT2D eigenvalue weighted by molar-refractivity contribution is 14.1. The van der Waals surface area contributed by atoms with Crippen molar-refractivity contribution >= 4 is 33.6 Å². The molecule has 0 bridgehead atoms. The highest BCUT2D eigenvalue weighted by Crippen LogP contribution is 2.13. The average molecular weight is 286 g/mol. The predicted octanol–water partition coefficient (Wildman–Crippen LogP) is 2.86. The minimum absolute atomic E-state index is 0.634. The Bertz CT molecular complexity index is 406. The summed E-state index contributed by atoms with van der Waals surface area (Å²) in [6.07, 6.45) is 1.92. The van der Waals surface area contributed by atoms with Gasteiger partial charge in [0.05, 0.1) is 17.4 Å². The number of benzene rings is 1. The Kier molecular flexibility index (Phi) is 2.53. The molecule has 1 atom stereocenters. The van der Waals surface area contributed by atoms with E-state index in [9.17, 15) is 0 Å². The van der Waals surface area contributed by atoms with Crippen molar-refractivity contribution in [2.24, 2.45) is 0 Å². The third-order valence-corrected chi connectivity index (χ3v) is 2.37. The van der Waals surface area contributed by atoms with Crippen molar-refractivity contribution in [2.75, 3.05) is 0 Å². The summed E-state index contributed by atoms with van der Waals surface area (Å²) in [4.78, 5) is 4.33. The second kappa shape index (κ2) is 3.65. The zero-order chi connectivity index (χ0) is 9.26. The van der Waals surface area contributed by atoms with E-state index in [1.165, 1.54) is 5.52 Å². The fourth-order valence-corrected chi connectivity index (χ4v) is 1.85. The number of fused-ring (bicyclic) bond motifs is 1. The fraction of sp³-hybridized carbons (Fsp3) is 0.300. The van der Waals surface area contributed by atoms with Crippen LogP contribution < -0.4 is 0 Å². The molecule has 2 nitrogen and oxygen atoms in total. The van der Waals surface area contributed by atoms with Crippen LogP contribution in [0.1, 0.15) is 6.92 Å². The number of para-hydroxylation sites is 2. The topological polar surface area (TPSA) is 17.8 Å². The number of alkyl halides is 1. The van der Waals surface area contributed by atoms with Crippen LogP contribution in [0.2, 0.25) is 0 Å². The minimum Gasteiger partial charge on any atom is -0.330 e. The quantitative estimate of drug-likeness (QED) is 0.613. The van der Waals surface area contributed by atoms with Gasteiger partial charge in [0, 0.05) is 10.5 Å². The molecule has 1 heterocycles. The third kappa shape index (κ3) is 1.85. The summed E-state index contributed by atoms with van der Waals surface area (Å²) < 4.78 is 2.84. The molecule has 68 valence electrons. The molecule has 13 heavy (non-hydrogen) atoms. The van der Waals surface area contributed by atoms with Gasteiger partial charge in [-0.2, -0.15) is 0 Å². The summed E-state index contributed by atoms with van der Waals surface area (Å²) in [6, 6.07) is 8.23. The van der Waals surface area contributed by atoms with Crippen molar-refractivity contribution in [2.45, 2.75) is 17.4 Å². The first-order chi connectivity index (χ1) is 6.27. The number of rotatable bonds is 2. The first kappa shape index (κ1) is 8.99. The van der Waals surface area contributed by atoms with Crippen molar-refractivity contribution in [1.82, 2.24) is 9.55 Å². The third-order valence-electron chi connectivity index (χ3n) is 1.98.